The van der Waals surface area contributed by atoms with Crippen LogP contribution >= 0.6 is 0 Å². The topological polar surface area (TPSA) is 138 Å². The largest absolute Gasteiger partial charge is 0.456 e. The maximum atomic E-state index is 13.5. The van der Waals surface area contributed by atoms with Crippen LogP contribution in [-0.4, -0.2) is 37.8 Å². The summed E-state index contributed by atoms with van der Waals surface area (Å²) < 4.78 is 56.8. The summed E-state index contributed by atoms with van der Waals surface area (Å²) in [7, 11) is -9.35. The van der Waals surface area contributed by atoms with E-state index < -0.39 is 47.1 Å². The van der Waals surface area contributed by atoms with Crippen molar-refractivity contribution in [3.63, 3.8) is 0 Å². The highest BCUT2D eigenvalue weighted by molar-refractivity contribution is 8.09. The molecule has 9 nitrogen and oxygen atoms in total. The van der Waals surface area contributed by atoms with E-state index in [2.05, 4.69) is 0 Å². The number of nitrogens with zero attached hydrogens (tertiary/aromatic N) is 1. The summed E-state index contributed by atoms with van der Waals surface area (Å²) in [5.74, 6) is -1.34. The number of carbonyl (C=O) groups excluding carboxylic acids is 1. The fourth-order valence-corrected chi connectivity index (χ4v) is 8.11. The van der Waals surface area contributed by atoms with E-state index in [0.29, 0.717) is 5.56 Å². The van der Waals surface area contributed by atoms with E-state index in [1.807, 2.05) is 0 Å². The summed E-state index contributed by atoms with van der Waals surface area (Å²) in [4.78, 5) is 23.3. The van der Waals surface area contributed by atoms with E-state index in [9.17, 15) is 31.7 Å². The number of ether oxygens (including phenoxy) is 1. The van der Waals surface area contributed by atoms with Crippen LogP contribution in [0.1, 0.15) is 18.9 Å². The standard InChI is InChI=1S/C24H23NO8S2/c1-24(25(27)28,23(26)33-18-19-11-5-2-6-12-19)17-22(34(29,30)20-13-7-3-8-14-20)35(31,32)21-15-9-4-10-16-21/h2-16,22H,17-18H2,1H3. The van der Waals surface area contributed by atoms with Crippen molar-refractivity contribution in [2.24, 2.45) is 0 Å². The fourth-order valence-electron chi connectivity index (χ4n) is 3.35. The second kappa shape index (κ2) is 10.4. The van der Waals surface area contributed by atoms with Gasteiger partial charge in [-0.2, -0.15) is 0 Å². The molecule has 0 saturated carbocycles. The highest BCUT2D eigenvalue weighted by Crippen LogP contribution is 2.33. The van der Waals surface area contributed by atoms with E-state index in [-0.39, 0.29) is 16.4 Å². The second-order valence-corrected chi connectivity index (χ2v) is 12.5. The molecule has 1 atom stereocenters. The Kier molecular flexibility index (Phi) is 7.71. The van der Waals surface area contributed by atoms with E-state index in [0.717, 1.165) is 6.92 Å². The molecule has 0 fully saturated rings. The Morgan fingerprint density at radius 2 is 1.23 bits per heavy atom. The number of hydrogen-bond acceptors (Lipinski definition) is 8. The number of sulfone groups is 2. The molecular formula is C24H23NO8S2. The highest BCUT2D eigenvalue weighted by atomic mass is 32.3. The van der Waals surface area contributed by atoms with Crippen molar-refractivity contribution in [1.29, 1.82) is 0 Å². The molecule has 35 heavy (non-hydrogen) atoms. The molecular weight excluding hydrogens is 494 g/mol. The summed E-state index contributed by atoms with van der Waals surface area (Å²) in [5, 5.41) is 12.1. The van der Waals surface area contributed by atoms with Crippen molar-refractivity contribution in [2.75, 3.05) is 0 Å². The molecule has 11 heteroatoms. The summed E-state index contributed by atoms with van der Waals surface area (Å²) in [6.07, 6.45) is -1.15. The van der Waals surface area contributed by atoms with E-state index in [1.165, 1.54) is 48.5 Å². The van der Waals surface area contributed by atoms with Gasteiger partial charge in [-0.3, -0.25) is 10.1 Å². The third-order valence-electron chi connectivity index (χ3n) is 5.46. The molecule has 0 aliphatic heterocycles. The summed E-state index contributed by atoms with van der Waals surface area (Å²) in [5.41, 5.74) is -2.11. The fraction of sp³-hybridized carbons (Fsp3) is 0.208. The molecule has 0 saturated heterocycles. The first-order chi connectivity index (χ1) is 16.5. The van der Waals surface area contributed by atoms with Gasteiger partial charge in [-0.1, -0.05) is 66.7 Å². The SMILES string of the molecule is CC(CC(S(=O)(=O)c1ccccc1)S(=O)(=O)c1ccccc1)(C(=O)OCc1ccccc1)[N+](=O)[O-]. The van der Waals surface area contributed by atoms with E-state index in [1.54, 1.807) is 42.5 Å². The van der Waals surface area contributed by atoms with E-state index in [4.69, 9.17) is 4.74 Å². The number of benzene rings is 3. The van der Waals surface area contributed by atoms with Crippen LogP contribution in [0.5, 0.6) is 0 Å². The predicted octanol–water partition coefficient (Wildman–Crippen LogP) is 3.43. The van der Waals surface area contributed by atoms with E-state index >= 15 is 0 Å². The van der Waals surface area contributed by atoms with Gasteiger partial charge in [-0.15, -0.1) is 0 Å². The molecule has 0 bridgehead atoms. The zero-order valence-corrected chi connectivity index (χ0v) is 20.3. The lowest BCUT2D eigenvalue weighted by Gasteiger charge is -2.25. The van der Waals surface area contributed by atoms with Gasteiger partial charge >= 0.3 is 11.5 Å². The number of hydrogen-bond donors (Lipinski definition) is 0. The lowest BCUT2D eigenvalue weighted by molar-refractivity contribution is -0.551. The van der Waals surface area contributed by atoms with Crippen LogP contribution in [0, 0.1) is 10.1 Å². The average Bonchev–Trinajstić information content (AvgIpc) is 2.87. The van der Waals surface area contributed by atoms with Crippen molar-refractivity contribution in [2.45, 2.75) is 39.9 Å². The van der Waals surface area contributed by atoms with Gasteiger partial charge in [0.2, 0.25) is 0 Å². The van der Waals surface area contributed by atoms with Gasteiger partial charge in [0.1, 0.15) is 6.61 Å². The van der Waals surface area contributed by atoms with Gasteiger partial charge in [-0.05, 0) is 29.8 Å². The number of rotatable bonds is 10. The number of nitro groups is 1. The molecule has 3 aromatic carbocycles. The minimum Gasteiger partial charge on any atom is -0.456 e. The first kappa shape index (κ1) is 26.0. The van der Waals surface area contributed by atoms with Crippen LogP contribution in [0.4, 0.5) is 0 Å². The van der Waals surface area contributed by atoms with Gasteiger partial charge in [0.15, 0.2) is 24.3 Å². The third-order valence-corrected chi connectivity index (χ3v) is 10.6. The molecule has 0 heterocycles. The zero-order chi connectivity index (χ0) is 25.7. The van der Waals surface area contributed by atoms with Crippen LogP contribution in [0.2, 0.25) is 0 Å². The predicted molar refractivity (Wildman–Crippen MR) is 127 cm³/mol. The smallest absolute Gasteiger partial charge is 0.384 e. The van der Waals surface area contributed by atoms with Crippen LogP contribution < -0.4 is 0 Å². The highest BCUT2D eigenvalue weighted by Gasteiger charge is 2.55. The molecule has 3 rings (SSSR count). The Morgan fingerprint density at radius 3 is 1.63 bits per heavy atom. The molecule has 0 radical (unpaired) electrons. The van der Waals surface area contributed by atoms with Crippen LogP contribution in [0.15, 0.2) is 101 Å². The molecule has 0 aliphatic rings. The first-order valence-corrected chi connectivity index (χ1v) is 13.5. The first-order valence-electron chi connectivity index (χ1n) is 10.4. The molecule has 0 spiro atoms. The van der Waals surface area contributed by atoms with Crippen LogP contribution in [0.25, 0.3) is 0 Å². The molecule has 0 aliphatic carbocycles. The Labute approximate surface area is 203 Å². The van der Waals surface area contributed by atoms with Gasteiger partial charge in [-0.25, -0.2) is 21.6 Å². The summed E-state index contributed by atoms with van der Waals surface area (Å²) in [6.45, 7) is 0.568. The van der Waals surface area contributed by atoms with Crippen molar-refractivity contribution in [3.05, 3.63) is 107 Å². The Hall–Kier alpha value is -3.57. The minimum absolute atomic E-state index is 0.301. The second-order valence-electron chi connectivity index (χ2n) is 7.94. The van der Waals surface area contributed by atoms with Gasteiger partial charge in [0, 0.05) is 11.8 Å². The maximum Gasteiger partial charge on any atom is 0.384 e. The van der Waals surface area contributed by atoms with Gasteiger partial charge in [0.05, 0.1) is 16.2 Å². The lowest BCUT2D eigenvalue weighted by atomic mass is 10.0. The minimum atomic E-state index is -4.67. The number of carbonyl (C=O) groups is 1. The van der Waals surface area contributed by atoms with Gasteiger partial charge in [0.25, 0.3) is 0 Å². The number of esters is 1. The van der Waals surface area contributed by atoms with Gasteiger partial charge < -0.3 is 4.74 Å². The average molecular weight is 518 g/mol. The molecule has 0 aromatic heterocycles. The molecule has 3 aromatic rings. The maximum absolute atomic E-state index is 13.5. The normalized spacial score (nSPS) is 13.7. The summed E-state index contributed by atoms with van der Waals surface area (Å²) >= 11 is 0. The molecule has 1 unspecified atom stereocenters. The van der Waals surface area contributed by atoms with Crippen molar-refractivity contribution in [1.82, 2.24) is 0 Å². The Bertz CT molecular complexity index is 1320. The molecule has 0 amide bonds. The summed E-state index contributed by atoms with van der Waals surface area (Å²) in [6, 6.07) is 21.9. The van der Waals surface area contributed by atoms with Crippen LogP contribution in [0.3, 0.4) is 0 Å². The third kappa shape index (κ3) is 5.57. The van der Waals surface area contributed by atoms with Crippen molar-refractivity contribution >= 4 is 25.6 Å². The van der Waals surface area contributed by atoms with Crippen molar-refractivity contribution in [3.8, 4) is 0 Å². The zero-order valence-electron chi connectivity index (χ0n) is 18.7. The Balaban J connectivity index is 2.06. The molecule has 184 valence electrons. The molecule has 0 N–H and O–H groups in total. The lowest BCUT2D eigenvalue weighted by Crippen LogP contribution is -2.50. The Morgan fingerprint density at radius 1 is 0.829 bits per heavy atom. The van der Waals surface area contributed by atoms with Crippen LogP contribution in [-0.2, 0) is 35.8 Å². The monoisotopic (exact) mass is 517 g/mol. The van der Waals surface area contributed by atoms with Crippen molar-refractivity contribution < 1.29 is 31.3 Å². The quantitative estimate of drug-likeness (QED) is 0.227.